The third kappa shape index (κ3) is 17.4. The first-order valence-corrected chi connectivity index (χ1v) is 19.8. The van der Waals surface area contributed by atoms with E-state index in [1.54, 1.807) is 72.8 Å². The second-order valence-electron chi connectivity index (χ2n) is 12.8. The van der Waals surface area contributed by atoms with E-state index < -0.39 is 12.2 Å². The number of anilines is 4. The van der Waals surface area contributed by atoms with E-state index in [0.717, 1.165) is 41.0 Å². The Bertz CT molecular complexity index is 2250. The molecule has 0 saturated heterocycles. The maximum atomic E-state index is 11.9. The van der Waals surface area contributed by atoms with Gasteiger partial charge in [0.05, 0.1) is 1.28 Å². The summed E-state index contributed by atoms with van der Waals surface area (Å²) in [7, 11) is 0.333. The molecule has 6 N–H and O–H groups in total. The molecule has 11 heteroatoms. The number of nitrogens with one attached hydrogen (secondary N) is 2. The van der Waals surface area contributed by atoms with Crippen LogP contribution in [0.5, 0.6) is 17.2 Å². The molecule has 0 spiro atoms. The molecular formula is C49H49N4O6P. The molecule has 7 aromatic carbocycles. The Morgan fingerprint density at radius 2 is 0.783 bits per heavy atom. The molecule has 0 saturated carbocycles. The Hall–Kier alpha value is -7.42. The zero-order chi connectivity index (χ0) is 43.7. The smallest absolute Gasteiger partial charge is 0.410 e. The van der Waals surface area contributed by atoms with Gasteiger partial charge in [-0.15, -0.1) is 9.18 Å². The zero-order valence-electron chi connectivity index (χ0n) is 34.4. The van der Waals surface area contributed by atoms with Gasteiger partial charge in [0.15, 0.2) is 0 Å². The number of ether oxygens (including phenoxy) is 3. The quantitative estimate of drug-likeness (QED) is 0.0485. The first-order valence-electron chi connectivity index (χ1n) is 19.3. The van der Waals surface area contributed by atoms with E-state index in [1.165, 1.54) is 18.1 Å². The van der Waals surface area contributed by atoms with Gasteiger partial charge in [-0.1, -0.05) is 110 Å². The lowest BCUT2D eigenvalue weighted by Gasteiger charge is -2.08. The third-order valence-corrected chi connectivity index (χ3v) is 8.09. The van der Waals surface area contributed by atoms with Crippen molar-refractivity contribution in [3.63, 3.8) is 0 Å². The third-order valence-electron chi connectivity index (χ3n) is 8.09. The predicted octanol–water partition coefficient (Wildman–Crippen LogP) is 11.0. The van der Waals surface area contributed by atoms with Crippen molar-refractivity contribution < 1.29 is 28.6 Å². The van der Waals surface area contributed by atoms with Gasteiger partial charge in [0.1, 0.15) is 17.2 Å². The molecule has 0 heterocycles. The number of hydrogen-bond donors (Lipinski definition) is 4. The van der Waals surface area contributed by atoms with Crippen LogP contribution in [0.1, 0.15) is 29.2 Å². The molecule has 1 unspecified atom stereocenters. The molecule has 2 amide bonds. The first-order chi connectivity index (χ1) is 29.6. The van der Waals surface area contributed by atoms with Gasteiger partial charge in [0, 0.05) is 29.7 Å². The van der Waals surface area contributed by atoms with E-state index in [1.807, 2.05) is 122 Å². The number of rotatable bonds is 9. The fraction of sp³-hybridized carbons (Fsp3) is 0.0816. The van der Waals surface area contributed by atoms with Gasteiger partial charge in [-0.05, 0) is 120 Å². The molecule has 0 aromatic heterocycles. The first kappa shape index (κ1) is 43.7. The molecule has 0 bridgehead atoms. The molecule has 306 valence electrons. The number of carbonyl (C=O) groups excluding carboxylic acids is 3. The number of carbonyl (C=O) groups is 3. The highest BCUT2D eigenvalue weighted by atomic mass is 31.0. The van der Waals surface area contributed by atoms with E-state index in [4.69, 9.17) is 27.0 Å². The summed E-state index contributed by atoms with van der Waals surface area (Å²) < 4.78 is 21.4. The molecule has 1 atom stereocenters. The Morgan fingerprint density at radius 3 is 1.12 bits per heavy atom. The van der Waals surface area contributed by atoms with Gasteiger partial charge in [-0.2, -0.15) is 0 Å². The van der Waals surface area contributed by atoms with E-state index in [9.17, 15) is 14.4 Å². The van der Waals surface area contributed by atoms with E-state index >= 15 is 0 Å². The van der Waals surface area contributed by atoms with E-state index in [0.29, 0.717) is 32.1 Å². The molecule has 7 aromatic rings. The van der Waals surface area contributed by atoms with Crippen molar-refractivity contribution in [1.29, 1.82) is 1.28 Å². The maximum absolute atomic E-state index is 11.9. The van der Waals surface area contributed by atoms with E-state index in [-0.39, 0.29) is 5.91 Å². The number of nitrogen functional groups attached to an aromatic ring is 2. The van der Waals surface area contributed by atoms with Crippen LogP contribution in [-0.2, 0) is 17.6 Å². The number of para-hydroxylation sites is 3. The summed E-state index contributed by atoms with van der Waals surface area (Å²) in [5.74, 6) is 1.33. The van der Waals surface area contributed by atoms with Crippen LogP contribution in [0.25, 0.3) is 0 Å². The number of benzene rings is 7. The number of hydrogen-bond acceptors (Lipinski definition) is 8. The highest BCUT2D eigenvalue weighted by Gasteiger charge is 2.07. The molecular weight excluding hydrogens is 772 g/mol. The molecule has 0 fully saturated rings. The van der Waals surface area contributed by atoms with Gasteiger partial charge in [-0.25, -0.2) is 9.59 Å². The van der Waals surface area contributed by atoms with Gasteiger partial charge < -0.3 is 31.0 Å². The Balaban J connectivity index is 0.000000206. The van der Waals surface area contributed by atoms with Crippen molar-refractivity contribution in [2.75, 3.05) is 28.8 Å². The largest absolute Gasteiger partial charge is 0.519 e. The van der Waals surface area contributed by atoms with Crippen LogP contribution in [-0.4, -0.2) is 26.1 Å². The van der Waals surface area contributed by atoms with Crippen molar-refractivity contribution in [3.8, 4) is 17.2 Å². The lowest BCUT2D eigenvalue weighted by Crippen LogP contribution is -2.16. The Kier molecular flexibility index (Phi) is 18.2. The van der Waals surface area contributed by atoms with Crippen LogP contribution in [0.2, 0.25) is 0 Å². The average Bonchev–Trinajstić information content (AvgIpc) is 3.25. The van der Waals surface area contributed by atoms with Crippen LogP contribution >= 0.6 is 9.18 Å². The Morgan fingerprint density at radius 1 is 0.483 bits per heavy atom. The fourth-order valence-electron chi connectivity index (χ4n) is 5.29. The predicted molar refractivity (Wildman–Crippen MR) is 246 cm³/mol. The summed E-state index contributed by atoms with van der Waals surface area (Å²) in [6, 6.07) is 57.7. The van der Waals surface area contributed by atoms with Crippen molar-refractivity contribution in [3.05, 3.63) is 210 Å². The molecule has 0 aliphatic heterocycles. The summed E-state index contributed by atoms with van der Waals surface area (Å²) in [5.41, 5.74) is 19.1. The summed E-state index contributed by atoms with van der Waals surface area (Å²) in [6.07, 6.45) is 0.412. The Labute approximate surface area is 355 Å². The van der Waals surface area contributed by atoms with Crippen LogP contribution in [0, 0.1) is 0 Å². The molecule has 60 heavy (non-hydrogen) atoms. The minimum absolute atomic E-state index is 0.0865. The highest BCUT2D eigenvalue weighted by Crippen LogP contribution is 2.18. The lowest BCUT2D eigenvalue weighted by molar-refractivity contribution is -0.114. The lowest BCUT2D eigenvalue weighted by atomic mass is 10.0. The molecule has 7 rings (SSSR count). The minimum Gasteiger partial charge on any atom is -0.410 e. The molecule has 0 aliphatic rings. The second-order valence-corrected chi connectivity index (χ2v) is 12.8. The van der Waals surface area contributed by atoms with Gasteiger partial charge in [0.2, 0.25) is 5.91 Å². The van der Waals surface area contributed by atoms with Crippen LogP contribution in [0.15, 0.2) is 188 Å². The van der Waals surface area contributed by atoms with Crippen molar-refractivity contribution in [2.24, 2.45) is 0 Å². The summed E-state index contributed by atoms with van der Waals surface area (Å²) in [6.45, 7) is 3.30. The fourth-order valence-corrected chi connectivity index (χ4v) is 5.29. The van der Waals surface area contributed by atoms with Crippen LogP contribution < -0.4 is 36.3 Å². The van der Waals surface area contributed by atoms with Crippen LogP contribution in [0.3, 0.4) is 0 Å². The summed E-state index contributed by atoms with van der Waals surface area (Å²) >= 11 is 0. The number of nitrogens with two attached hydrogens (primary N) is 2. The molecule has 10 nitrogen and oxygen atoms in total. The minimum atomic E-state index is -0.739. The van der Waals surface area contributed by atoms with Gasteiger partial charge in [-0.3, -0.25) is 10.1 Å². The van der Waals surface area contributed by atoms with Gasteiger partial charge in [0.25, 0.3) is 0 Å². The van der Waals surface area contributed by atoms with Crippen molar-refractivity contribution >= 4 is 50.1 Å². The summed E-state index contributed by atoms with van der Waals surface area (Å²) in [4.78, 5) is 34.3. The SMILES string of the molecule is CC(=O)Nc1ccc(Cc2ccc(NC(=O)Oc3ccccc3)cc2)cc1.Nc1ccc(Cc2ccc(N)cc2)cc1.O=C(Oc1ccccc1)Oc1ccccc1.[2H]PC. The molecule has 0 aliphatic carbocycles. The monoisotopic (exact) mass is 821 g/mol. The zero-order valence-corrected chi connectivity index (χ0v) is 34.4. The highest BCUT2D eigenvalue weighted by molar-refractivity contribution is 7.15. The second kappa shape index (κ2) is 25.0. The van der Waals surface area contributed by atoms with Crippen molar-refractivity contribution in [2.45, 2.75) is 19.8 Å². The van der Waals surface area contributed by atoms with Crippen molar-refractivity contribution in [1.82, 2.24) is 0 Å². The van der Waals surface area contributed by atoms with Crippen LogP contribution in [0.4, 0.5) is 32.3 Å². The maximum Gasteiger partial charge on any atom is 0.519 e. The normalized spacial score (nSPS) is 10.1. The average molecular weight is 822 g/mol. The van der Waals surface area contributed by atoms with E-state index in [2.05, 4.69) is 10.6 Å². The summed E-state index contributed by atoms with van der Waals surface area (Å²) in [5, 5.41) is 5.45. The molecule has 0 radical (unpaired) electrons. The standard InChI is InChI=1S/C22H20N2O3.C13H14N2.C13H10O3.CH5P/c1-16(25)23-19-11-7-17(8-12-19)15-18-9-13-20(14-10-18)24-22(26)27-21-5-3-2-4-6-21;14-12-5-1-10(2-6-12)9-11-3-7-13(15)8-4-11;14-13(15-11-7-3-1-4-8-11)16-12-9-5-2-6-10-12;1-2/h2-14H,15H2,1H3,(H,23,25)(H,24,26);1-8H,9,14-15H2;1-10H;2H2,1H3/i;;;2D. The number of amides is 2. The van der Waals surface area contributed by atoms with Gasteiger partial charge >= 0.3 is 12.2 Å². The topological polar surface area (TPSA) is 155 Å².